The number of unbranched alkanes of at least 4 members (excludes halogenated alkanes) is 1. The van der Waals surface area contributed by atoms with E-state index in [2.05, 4.69) is 39.4 Å². The minimum Gasteiger partial charge on any atom is -0.292 e. The molecule has 24 heavy (non-hydrogen) atoms. The van der Waals surface area contributed by atoms with Crippen LogP contribution in [-0.2, 0) is 0 Å². The summed E-state index contributed by atoms with van der Waals surface area (Å²) in [5, 5.41) is 5.13. The van der Waals surface area contributed by atoms with Crippen LogP contribution in [-0.4, -0.2) is 21.0 Å². The molecule has 0 fully saturated rings. The van der Waals surface area contributed by atoms with Crippen LogP contribution in [0.15, 0.2) is 35.3 Å². The molecule has 0 saturated heterocycles. The van der Waals surface area contributed by atoms with Crippen molar-refractivity contribution in [3.8, 4) is 0 Å². The van der Waals surface area contributed by atoms with E-state index in [1.54, 1.807) is 24.4 Å². The summed E-state index contributed by atoms with van der Waals surface area (Å²) in [7, 11) is 0. The highest BCUT2D eigenvalue weighted by molar-refractivity contribution is 5.97. The van der Waals surface area contributed by atoms with E-state index >= 15 is 0 Å². The summed E-state index contributed by atoms with van der Waals surface area (Å²) in [6.07, 6.45) is 5.63. The van der Waals surface area contributed by atoms with E-state index in [1.165, 1.54) is 6.07 Å². The number of anilines is 2. The molecule has 1 unspecified atom stereocenters. The number of hydrogen-bond acceptors (Lipinski definition) is 4. The monoisotopic (exact) mass is 329 g/mol. The Morgan fingerprint density at radius 1 is 1.29 bits per heavy atom. The highest BCUT2D eigenvalue weighted by Gasteiger charge is 2.14. The number of pyridine rings is 1. The van der Waals surface area contributed by atoms with Crippen LogP contribution in [0, 0.1) is 0 Å². The first-order chi connectivity index (χ1) is 11.6. The van der Waals surface area contributed by atoms with Crippen LogP contribution < -0.4 is 16.2 Å². The normalized spacial score (nSPS) is 11.8. The zero-order valence-electron chi connectivity index (χ0n) is 14.0. The van der Waals surface area contributed by atoms with Crippen molar-refractivity contribution in [3.63, 3.8) is 0 Å². The summed E-state index contributed by atoms with van der Waals surface area (Å²) < 4.78 is 0. The highest BCUT2D eigenvalue weighted by atomic mass is 16.2. The van der Waals surface area contributed by atoms with Crippen LogP contribution in [0.3, 0.4) is 0 Å². The number of urea groups is 1. The Labute approximate surface area is 140 Å². The Bertz CT molecular complexity index is 714. The van der Waals surface area contributed by atoms with Gasteiger partial charge in [0.2, 0.25) is 5.95 Å². The lowest BCUT2D eigenvalue weighted by atomic mass is 9.96. The molecule has 0 aliphatic carbocycles. The Kier molecular flexibility index (Phi) is 6.48. The number of rotatable bonds is 7. The van der Waals surface area contributed by atoms with Crippen molar-refractivity contribution in [2.45, 2.75) is 45.4 Å². The lowest BCUT2D eigenvalue weighted by Gasteiger charge is -2.14. The lowest BCUT2D eigenvalue weighted by molar-refractivity contribution is 0.262. The summed E-state index contributed by atoms with van der Waals surface area (Å²) in [4.78, 5) is 34.8. The smallest absolute Gasteiger partial charge is 0.292 e. The lowest BCUT2D eigenvalue weighted by Crippen LogP contribution is -2.24. The quantitative estimate of drug-likeness (QED) is 0.724. The number of hydrogen-bond donors (Lipinski definition) is 3. The summed E-state index contributed by atoms with van der Waals surface area (Å²) in [5.41, 5.74) is 0.436. The van der Waals surface area contributed by atoms with Gasteiger partial charge in [-0.15, -0.1) is 0 Å². The van der Waals surface area contributed by atoms with Gasteiger partial charge >= 0.3 is 6.03 Å². The SMILES string of the molecule is CCCCC(CC)c1cc(=O)[nH]c(NC(=O)Nc2ccccn2)n1. The minimum absolute atomic E-state index is 0.140. The average Bonchev–Trinajstić information content (AvgIpc) is 2.56. The number of H-pyrrole nitrogens is 1. The van der Waals surface area contributed by atoms with E-state index in [-0.39, 0.29) is 17.4 Å². The second-order valence-electron chi connectivity index (χ2n) is 5.56. The van der Waals surface area contributed by atoms with Crippen molar-refractivity contribution in [3.05, 3.63) is 46.5 Å². The molecule has 1 atom stereocenters. The van der Waals surface area contributed by atoms with Gasteiger partial charge in [-0.05, 0) is 25.0 Å². The van der Waals surface area contributed by atoms with Gasteiger partial charge in [0.15, 0.2) is 0 Å². The number of nitrogens with zero attached hydrogens (tertiary/aromatic N) is 2. The number of amides is 2. The molecule has 2 rings (SSSR count). The van der Waals surface area contributed by atoms with E-state index in [9.17, 15) is 9.59 Å². The first kappa shape index (κ1) is 17.7. The van der Waals surface area contributed by atoms with E-state index in [4.69, 9.17) is 0 Å². The summed E-state index contributed by atoms with van der Waals surface area (Å²) in [5.74, 6) is 0.774. The zero-order chi connectivity index (χ0) is 17.4. The Balaban J connectivity index is 2.10. The Hall–Kier alpha value is -2.70. The standard InChI is InChI=1S/C17H23N5O2/c1-3-5-8-12(4-2)13-11-15(23)21-16(19-13)22-17(24)20-14-9-6-7-10-18-14/h6-7,9-12H,3-5,8H2,1-2H3,(H3,18,19,20,21,22,23,24). The fraction of sp³-hybridized carbons (Fsp3) is 0.412. The molecule has 0 bridgehead atoms. The molecule has 2 aromatic rings. The second kappa shape index (κ2) is 8.81. The molecule has 0 aliphatic rings. The van der Waals surface area contributed by atoms with Crippen LogP contribution in [0.1, 0.15) is 51.1 Å². The topological polar surface area (TPSA) is 99.8 Å². The summed E-state index contributed by atoms with van der Waals surface area (Å²) in [6, 6.07) is 6.20. The molecular formula is C17H23N5O2. The molecule has 0 aliphatic heterocycles. The molecule has 7 nitrogen and oxygen atoms in total. The first-order valence-electron chi connectivity index (χ1n) is 8.22. The Morgan fingerprint density at radius 2 is 2.12 bits per heavy atom. The average molecular weight is 329 g/mol. The fourth-order valence-corrected chi connectivity index (χ4v) is 2.45. The van der Waals surface area contributed by atoms with Gasteiger partial charge in [-0.1, -0.05) is 32.8 Å². The first-order valence-corrected chi connectivity index (χ1v) is 8.22. The molecule has 128 valence electrons. The van der Waals surface area contributed by atoms with Crippen molar-refractivity contribution in [2.75, 3.05) is 10.6 Å². The minimum atomic E-state index is -0.504. The maximum atomic E-state index is 12.0. The van der Waals surface area contributed by atoms with Crippen LogP contribution in [0.2, 0.25) is 0 Å². The molecule has 3 N–H and O–H groups in total. The molecule has 2 aromatic heterocycles. The van der Waals surface area contributed by atoms with Crippen LogP contribution >= 0.6 is 0 Å². The number of aromatic nitrogens is 3. The van der Waals surface area contributed by atoms with Crippen molar-refractivity contribution < 1.29 is 4.79 Å². The van der Waals surface area contributed by atoms with Crippen LogP contribution in [0.25, 0.3) is 0 Å². The third-order valence-electron chi connectivity index (χ3n) is 3.72. The van der Waals surface area contributed by atoms with Crippen LogP contribution in [0.4, 0.5) is 16.6 Å². The van der Waals surface area contributed by atoms with Gasteiger partial charge in [-0.2, -0.15) is 0 Å². The molecule has 0 radical (unpaired) electrons. The number of nitrogens with one attached hydrogen (secondary N) is 3. The van der Waals surface area contributed by atoms with Gasteiger partial charge in [0, 0.05) is 18.2 Å². The number of carbonyl (C=O) groups is 1. The van der Waals surface area contributed by atoms with Gasteiger partial charge in [0.25, 0.3) is 5.56 Å². The van der Waals surface area contributed by atoms with Crippen molar-refractivity contribution >= 4 is 17.8 Å². The van der Waals surface area contributed by atoms with Gasteiger partial charge in [-0.3, -0.25) is 20.4 Å². The zero-order valence-corrected chi connectivity index (χ0v) is 14.0. The fourth-order valence-electron chi connectivity index (χ4n) is 2.45. The maximum Gasteiger partial charge on any atom is 0.327 e. The van der Waals surface area contributed by atoms with E-state index < -0.39 is 6.03 Å². The van der Waals surface area contributed by atoms with E-state index in [0.717, 1.165) is 25.7 Å². The molecule has 0 saturated carbocycles. The summed E-state index contributed by atoms with van der Waals surface area (Å²) >= 11 is 0. The predicted octanol–water partition coefficient (Wildman–Crippen LogP) is 3.49. The summed E-state index contributed by atoms with van der Waals surface area (Å²) in [6.45, 7) is 4.21. The third-order valence-corrected chi connectivity index (χ3v) is 3.72. The molecular weight excluding hydrogens is 306 g/mol. The maximum absolute atomic E-state index is 12.0. The highest BCUT2D eigenvalue weighted by Crippen LogP contribution is 2.23. The second-order valence-corrected chi connectivity index (χ2v) is 5.56. The molecule has 0 aromatic carbocycles. The number of aromatic amines is 1. The molecule has 7 heteroatoms. The van der Waals surface area contributed by atoms with E-state index in [0.29, 0.717) is 11.5 Å². The largest absolute Gasteiger partial charge is 0.327 e. The van der Waals surface area contributed by atoms with Gasteiger partial charge in [0.1, 0.15) is 5.82 Å². The predicted molar refractivity (Wildman–Crippen MR) is 94.3 cm³/mol. The number of carbonyl (C=O) groups excluding carboxylic acids is 1. The van der Waals surface area contributed by atoms with Crippen LogP contribution in [0.5, 0.6) is 0 Å². The van der Waals surface area contributed by atoms with Crippen molar-refractivity contribution in [1.82, 2.24) is 15.0 Å². The van der Waals surface area contributed by atoms with Crippen molar-refractivity contribution in [1.29, 1.82) is 0 Å². The Morgan fingerprint density at radius 3 is 2.79 bits per heavy atom. The molecule has 0 spiro atoms. The van der Waals surface area contributed by atoms with Gasteiger partial charge in [0.05, 0.1) is 5.69 Å². The van der Waals surface area contributed by atoms with Gasteiger partial charge in [-0.25, -0.2) is 14.8 Å². The third kappa shape index (κ3) is 5.19. The molecule has 2 heterocycles. The van der Waals surface area contributed by atoms with E-state index in [1.807, 2.05) is 0 Å². The molecule has 2 amide bonds. The van der Waals surface area contributed by atoms with Crippen molar-refractivity contribution in [2.24, 2.45) is 0 Å². The van der Waals surface area contributed by atoms with Gasteiger partial charge < -0.3 is 0 Å².